The van der Waals surface area contributed by atoms with E-state index >= 15 is 0 Å². The Kier molecular flexibility index (Phi) is 3.64. The van der Waals surface area contributed by atoms with Crippen molar-refractivity contribution in [2.24, 2.45) is 0 Å². The van der Waals surface area contributed by atoms with Crippen LogP contribution in [-0.2, 0) is 4.79 Å². The standard InChI is InChI=1S/C12H14FN3O3/c1-2-9-12(17)14-6-7-15(9)10-5-3-4-8(13)11(10)16(18)19/h3-5,9H,2,6-7H2,1H3,(H,14,17). The Bertz CT molecular complexity index is 521. The highest BCUT2D eigenvalue weighted by Gasteiger charge is 2.33. The molecular weight excluding hydrogens is 253 g/mol. The number of carbonyl (C=O) groups is 1. The summed E-state index contributed by atoms with van der Waals surface area (Å²) < 4.78 is 13.6. The third-order valence-corrected chi connectivity index (χ3v) is 3.18. The van der Waals surface area contributed by atoms with Gasteiger partial charge in [-0.2, -0.15) is 4.39 Å². The SMILES string of the molecule is CCC1C(=O)NCCN1c1cccc(F)c1[N+](=O)[O-]. The molecule has 1 aromatic carbocycles. The molecule has 0 spiro atoms. The first kappa shape index (κ1) is 13.3. The Balaban J connectivity index is 2.48. The lowest BCUT2D eigenvalue weighted by Gasteiger charge is -2.35. The first-order chi connectivity index (χ1) is 9.06. The topological polar surface area (TPSA) is 75.5 Å². The number of benzene rings is 1. The molecule has 19 heavy (non-hydrogen) atoms. The number of nitrogens with one attached hydrogen (secondary N) is 1. The van der Waals surface area contributed by atoms with Crippen LogP contribution in [0.3, 0.4) is 0 Å². The number of nitro groups is 1. The van der Waals surface area contributed by atoms with E-state index in [1.807, 2.05) is 6.92 Å². The number of hydrogen-bond donors (Lipinski definition) is 1. The fourth-order valence-corrected chi connectivity index (χ4v) is 2.33. The fraction of sp³-hybridized carbons (Fsp3) is 0.417. The van der Waals surface area contributed by atoms with E-state index < -0.39 is 22.5 Å². The average Bonchev–Trinajstić information content (AvgIpc) is 2.37. The van der Waals surface area contributed by atoms with Gasteiger partial charge in [0, 0.05) is 13.1 Å². The van der Waals surface area contributed by atoms with Gasteiger partial charge in [0.25, 0.3) is 0 Å². The molecule has 1 N–H and O–H groups in total. The van der Waals surface area contributed by atoms with Crippen molar-refractivity contribution in [1.29, 1.82) is 0 Å². The second kappa shape index (κ2) is 5.21. The Morgan fingerprint density at radius 2 is 2.32 bits per heavy atom. The monoisotopic (exact) mass is 267 g/mol. The highest BCUT2D eigenvalue weighted by molar-refractivity contribution is 5.87. The molecule has 1 atom stereocenters. The molecule has 0 radical (unpaired) electrons. The number of para-hydroxylation sites is 1. The van der Waals surface area contributed by atoms with Crippen molar-refractivity contribution < 1.29 is 14.1 Å². The number of carbonyl (C=O) groups excluding carboxylic acids is 1. The molecule has 102 valence electrons. The van der Waals surface area contributed by atoms with Crippen LogP contribution in [-0.4, -0.2) is 30.0 Å². The highest BCUT2D eigenvalue weighted by Crippen LogP contribution is 2.33. The maximum Gasteiger partial charge on any atom is 0.327 e. The largest absolute Gasteiger partial charge is 0.353 e. The van der Waals surface area contributed by atoms with Gasteiger partial charge < -0.3 is 10.2 Å². The van der Waals surface area contributed by atoms with Crippen LogP contribution in [0.2, 0.25) is 0 Å². The summed E-state index contributed by atoms with van der Waals surface area (Å²) in [7, 11) is 0. The predicted octanol–water partition coefficient (Wildman–Crippen LogP) is 1.45. The molecule has 0 bridgehead atoms. The minimum absolute atomic E-state index is 0.159. The summed E-state index contributed by atoms with van der Waals surface area (Å²) in [5, 5.41) is 13.7. The number of amides is 1. The van der Waals surface area contributed by atoms with Crippen LogP contribution in [0, 0.1) is 15.9 Å². The van der Waals surface area contributed by atoms with Gasteiger partial charge in [-0.15, -0.1) is 0 Å². The molecule has 1 amide bonds. The van der Waals surface area contributed by atoms with Crippen molar-refractivity contribution >= 4 is 17.3 Å². The molecule has 6 nitrogen and oxygen atoms in total. The lowest BCUT2D eigenvalue weighted by Crippen LogP contribution is -2.55. The minimum Gasteiger partial charge on any atom is -0.353 e. The Morgan fingerprint density at radius 3 is 2.95 bits per heavy atom. The molecule has 1 unspecified atom stereocenters. The van der Waals surface area contributed by atoms with Gasteiger partial charge >= 0.3 is 5.69 Å². The van der Waals surface area contributed by atoms with E-state index in [0.29, 0.717) is 19.5 Å². The average molecular weight is 267 g/mol. The maximum atomic E-state index is 13.6. The zero-order valence-corrected chi connectivity index (χ0v) is 10.4. The fourth-order valence-electron chi connectivity index (χ4n) is 2.33. The Labute approximate surface area is 109 Å². The summed E-state index contributed by atoms with van der Waals surface area (Å²) >= 11 is 0. The second-order valence-electron chi connectivity index (χ2n) is 4.27. The lowest BCUT2D eigenvalue weighted by molar-refractivity contribution is -0.386. The number of nitrogens with zero attached hydrogens (tertiary/aromatic N) is 2. The van der Waals surface area contributed by atoms with Crippen LogP contribution < -0.4 is 10.2 Å². The molecule has 1 heterocycles. The van der Waals surface area contributed by atoms with E-state index in [1.165, 1.54) is 12.1 Å². The van der Waals surface area contributed by atoms with Crippen LogP contribution in [0.4, 0.5) is 15.8 Å². The van der Waals surface area contributed by atoms with Gasteiger partial charge in [-0.1, -0.05) is 13.0 Å². The normalized spacial score (nSPS) is 19.2. The molecule has 2 rings (SSSR count). The van der Waals surface area contributed by atoms with Crippen LogP contribution in [0.5, 0.6) is 0 Å². The first-order valence-electron chi connectivity index (χ1n) is 6.03. The number of halogens is 1. The third kappa shape index (κ3) is 2.35. The molecule has 7 heteroatoms. The van der Waals surface area contributed by atoms with Gasteiger partial charge in [-0.3, -0.25) is 14.9 Å². The van der Waals surface area contributed by atoms with Crippen molar-refractivity contribution in [2.45, 2.75) is 19.4 Å². The van der Waals surface area contributed by atoms with Gasteiger partial charge in [0.15, 0.2) is 0 Å². The van der Waals surface area contributed by atoms with Crippen molar-refractivity contribution in [2.75, 3.05) is 18.0 Å². The molecule has 1 aliphatic rings. The summed E-state index contributed by atoms with van der Waals surface area (Å²) in [5.74, 6) is -1.07. The van der Waals surface area contributed by atoms with Crippen molar-refractivity contribution in [3.05, 3.63) is 34.1 Å². The predicted molar refractivity (Wildman–Crippen MR) is 67.5 cm³/mol. The zero-order valence-electron chi connectivity index (χ0n) is 10.4. The van der Waals surface area contributed by atoms with Gasteiger partial charge in [-0.05, 0) is 18.6 Å². The third-order valence-electron chi connectivity index (χ3n) is 3.18. The van der Waals surface area contributed by atoms with E-state index in [1.54, 1.807) is 4.90 Å². The van der Waals surface area contributed by atoms with Crippen molar-refractivity contribution in [3.8, 4) is 0 Å². The summed E-state index contributed by atoms with van der Waals surface area (Å²) in [5.41, 5.74) is -0.414. The summed E-state index contributed by atoms with van der Waals surface area (Å²) in [6, 6.07) is 3.43. The van der Waals surface area contributed by atoms with E-state index in [9.17, 15) is 19.3 Å². The molecule has 1 fully saturated rings. The molecule has 1 aliphatic heterocycles. The maximum absolute atomic E-state index is 13.6. The van der Waals surface area contributed by atoms with Gasteiger partial charge in [0.2, 0.25) is 11.7 Å². The minimum atomic E-state index is -0.886. The molecule has 0 aliphatic carbocycles. The Hall–Kier alpha value is -2.18. The quantitative estimate of drug-likeness (QED) is 0.664. The highest BCUT2D eigenvalue weighted by atomic mass is 19.1. The summed E-state index contributed by atoms with van der Waals surface area (Å²) in [6.45, 7) is 2.63. The van der Waals surface area contributed by atoms with E-state index in [2.05, 4.69) is 5.32 Å². The number of hydrogen-bond acceptors (Lipinski definition) is 4. The van der Waals surface area contributed by atoms with Gasteiger partial charge in [0.05, 0.1) is 4.92 Å². The molecule has 1 saturated heterocycles. The number of anilines is 1. The first-order valence-corrected chi connectivity index (χ1v) is 6.03. The number of piperazine rings is 1. The van der Waals surface area contributed by atoms with Crippen LogP contribution in [0.15, 0.2) is 18.2 Å². The smallest absolute Gasteiger partial charge is 0.327 e. The molecular formula is C12H14FN3O3. The number of nitro benzene ring substituents is 1. The lowest BCUT2D eigenvalue weighted by atomic mass is 10.1. The summed E-state index contributed by atoms with van der Waals surface area (Å²) in [4.78, 5) is 23.6. The van der Waals surface area contributed by atoms with Crippen LogP contribution in [0.25, 0.3) is 0 Å². The van der Waals surface area contributed by atoms with Crippen molar-refractivity contribution in [1.82, 2.24) is 5.32 Å². The number of rotatable bonds is 3. The summed E-state index contributed by atoms with van der Waals surface area (Å²) in [6.07, 6.45) is 0.500. The van der Waals surface area contributed by atoms with E-state index in [4.69, 9.17) is 0 Å². The van der Waals surface area contributed by atoms with E-state index in [0.717, 1.165) is 6.07 Å². The Morgan fingerprint density at radius 1 is 1.58 bits per heavy atom. The molecule has 1 aromatic rings. The van der Waals surface area contributed by atoms with E-state index in [-0.39, 0.29) is 11.6 Å². The van der Waals surface area contributed by atoms with Crippen LogP contribution in [0.1, 0.15) is 13.3 Å². The second-order valence-corrected chi connectivity index (χ2v) is 4.27. The van der Waals surface area contributed by atoms with Crippen molar-refractivity contribution in [3.63, 3.8) is 0 Å². The zero-order chi connectivity index (χ0) is 14.0. The molecule has 0 aromatic heterocycles. The van der Waals surface area contributed by atoms with Gasteiger partial charge in [-0.25, -0.2) is 0 Å². The van der Waals surface area contributed by atoms with Crippen LogP contribution >= 0.6 is 0 Å². The van der Waals surface area contributed by atoms with Gasteiger partial charge in [0.1, 0.15) is 11.7 Å². The molecule has 0 saturated carbocycles.